The molecule has 0 bridgehead atoms. The molecule has 0 saturated carbocycles. The summed E-state index contributed by atoms with van der Waals surface area (Å²) in [6.45, 7) is 0. The van der Waals surface area contributed by atoms with Crippen molar-refractivity contribution in [2.24, 2.45) is 0 Å². The monoisotopic (exact) mass is 190 g/mol. The minimum Gasteiger partial charge on any atom is -0.550 e. The van der Waals surface area contributed by atoms with E-state index in [1.54, 1.807) is 12.1 Å². The van der Waals surface area contributed by atoms with Crippen molar-refractivity contribution < 1.29 is 66.4 Å². The van der Waals surface area contributed by atoms with Gasteiger partial charge in [0, 0.05) is 12.4 Å². The van der Waals surface area contributed by atoms with Crippen molar-refractivity contribution in [3.63, 3.8) is 0 Å². The van der Waals surface area contributed by atoms with Gasteiger partial charge in [-0.05, 0) is 17.7 Å². The normalized spacial score (nSPS) is 8.67. The Morgan fingerprint density at radius 3 is 2.25 bits per heavy atom. The second-order valence-electron chi connectivity index (χ2n) is 2.22. The van der Waals surface area contributed by atoms with Crippen molar-refractivity contribution in [3.8, 4) is 5.75 Å². The maximum absolute atomic E-state index is 10.1. The summed E-state index contributed by atoms with van der Waals surface area (Å²) in [5.74, 6) is -0.984. The molecule has 0 saturated heterocycles. The molecule has 4 heteroatoms. The number of aliphatic carboxylic acids is 1. The van der Waals surface area contributed by atoms with Crippen LogP contribution in [0.2, 0.25) is 0 Å². The number of hydrogen-bond donors (Lipinski definition) is 1. The molecule has 0 aliphatic carbocycles. The van der Waals surface area contributed by atoms with Crippen molar-refractivity contribution in [1.82, 2.24) is 0 Å². The number of hydrogen-bond acceptors (Lipinski definition) is 3. The van der Waals surface area contributed by atoms with E-state index in [0.29, 0.717) is 5.56 Å². The van der Waals surface area contributed by atoms with Crippen LogP contribution in [0.3, 0.4) is 0 Å². The van der Waals surface area contributed by atoms with E-state index in [4.69, 9.17) is 5.11 Å². The molecule has 0 aliphatic rings. The Kier molecular flexibility index (Phi) is 5.78. The second kappa shape index (κ2) is 5.72. The number of aromatic hydroxyl groups is 1. The van der Waals surface area contributed by atoms with Crippen molar-refractivity contribution in [2.75, 3.05) is 0 Å². The smallest absolute Gasteiger partial charge is 0.550 e. The molecule has 0 heterocycles. The molecule has 0 fully saturated rings. The van der Waals surface area contributed by atoms with Crippen LogP contribution in [0.4, 0.5) is 0 Å². The van der Waals surface area contributed by atoms with Gasteiger partial charge in [-0.15, -0.1) is 0 Å². The first-order valence-corrected chi connectivity index (χ1v) is 3.16. The van der Waals surface area contributed by atoms with Crippen LogP contribution >= 0.6 is 0 Å². The zero-order valence-electron chi connectivity index (χ0n) is 6.78. The Morgan fingerprint density at radius 2 is 1.83 bits per heavy atom. The Hall–Kier alpha value is 0.126. The maximum Gasteiger partial charge on any atom is 1.00 e. The third-order valence-electron chi connectivity index (χ3n) is 1.28. The van der Waals surface area contributed by atoms with Crippen LogP contribution in [-0.2, 0) is 11.2 Å². The van der Waals surface area contributed by atoms with Gasteiger partial charge in [-0.25, -0.2) is 0 Å². The van der Waals surface area contributed by atoms with E-state index in [2.05, 4.69) is 0 Å². The quantitative estimate of drug-likeness (QED) is 0.497. The summed E-state index contributed by atoms with van der Waals surface area (Å²) in [6.07, 6.45) is -0.111. The first-order valence-electron chi connectivity index (χ1n) is 3.16. The van der Waals surface area contributed by atoms with E-state index in [9.17, 15) is 9.90 Å². The van der Waals surface area contributed by atoms with E-state index < -0.39 is 5.97 Å². The van der Waals surface area contributed by atoms with E-state index >= 15 is 0 Å². The minimum absolute atomic E-state index is 0. The van der Waals surface area contributed by atoms with E-state index in [1.807, 2.05) is 0 Å². The van der Waals surface area contributed by atoms with Crippen molar-refractivity contribution in [2.45, 2.75) is 6.42 Å². The van der Waals surface area contributed by atoms with Crippen LogP contribution in [0, 0.1) is 0 Å². The number of phenols is 1. The van der Waals surface area contributed by atoms with Crippen LogP contribution < -0.4 is 56.5 Å². The van der Waals surface area contributed by atoms with Crippen molar-refractivity contribution >= 4 is 5.97 Å². The molecule has 1 N–H and O–H groups in total. The Bertz CT molecular complexity index is 256. The summed E-state index contributed by atoms with van der Waals surface area (Å²) in [6, 6.07) is 5.98. The second-order valence-corrected chi connectivity index (χ2v) is 2.22. The van der Waals surface area contributed by atoms with Gasteiger partial charge in [-0.3, -0.25) is 0 Å². The summed E-state index contributed by atoms with van der Waals surface area (Å²) in [5, 5.41) is 18.9. The summed E-state index contributed by atoms with van der Waals surface area (Å²) < 4.78 is 0. The molecule has 0 spiro atoms. The topological polar surface area (TPSA) is 60.4 Å². The van der Waals surface area contributed by atoms with Crippen LogP contribution in [0.25, 0.3) is 0 Å². The average Bonchev–Trinajstić information content (AvgIpc) is 1.93. The Morgan fingerprint density at radius 1 is 1.33 bits per heavy atom. The maximum atomic E-state index is 10.1. The van der Waals surface area contributed by atoms with Gasteiger partial charge >= 0.3 is 51.4 Å². The molecule has 0 amide bonds. The largest absolute Gasteiger partial charge is 1.00 e. The molecule has 0 unspecified atom stereocenters. The summed E-state index contributed by atoms with van der Waals surface area (Å²) in [7, 11) is 0. The van der Waals surface area contributed by atoms with Crippen molar-refractivity contribution in [3.05, 3.63) is 29.8 Å². The van der Waals surface area contributed by atoms with Gasteiger partial charge in [0.15, 0.2) is 0 Å². The SMILES string of the molecule is O=C([O-])Cc1ccc(O)cc1.[K+]. The van der Waals surface area contributed by atoms with Crippen LogP contribution in [0.15, 0.2) is 24.3 Å². The molecule has 1 aromatic rings. The Balaban J connectivity index is 0.00000121. The molecule has 0 radical (unpaired) electrons. The van der Waals surface area contributed by atoms with Gasteiger partial charge in [0.2, 0.25) is 0 Å². The molecular weight excluding hydrogens is 183 g/mol. The number of carbonyl (C=O) groups excluding carboxylic acids is 1. The summed E-state index contributed by atoms with van der Waals surface area (Å²) >= 11 is 0. The summed E-state index contributed by atoms with van der Waals surface area (Å²) in [4.78, 5) is 10.1. The zero-order valence-corrected chi connectivity index (χ0v) is 9.90. The number of benzene rings is 1. The molecular formula is C8H7KO3. The van der Waals surface area contributed by atoms with Gasteiger partial charge in [-0.1, -0.05) is 12.1 Å². The molecule has 0 aliphatic heterocycles. The van der Waals surface area contributed by atoms with Crippen molar-refractivity contribution in [1.29, 1.82) is 0 Å². The van der Waals surface area contributed by atoms with Crippen LogP contribution in [0.1, 0.15) is 5.56 Å². The zero-order chi connectivity index (χ0) is 8.27. The van der Waals surface area contributed by atoms with Crippen LogP contribution in [-0.4, -0.2) is 11.1 Å². The number of rotatable bonds is 2. The fourth-order valence-corrected chi connectivity index (χ4v) is 0.780. The first kappa shape index (κ1) is 12.1. The van der Waals surface area contributed by atoms with E-state index in [1.165, 1.54) is 12.1 Å². The van der Waals surface area contributed by atoms with Gasteiger partial charge < -0.3 is 15.0 Å². The molecule has 0 aromatic heterocycles. The third-order valence-corrected chi connectivity index (χ3v) is 1.28. The number of carboxylic acids is 1. The summed E-state index contributed by atoms with van der Waals surface area (Å²) in [5.41, 5.74) is 0.628. The molecule has 1 aromatic carbocycles. The Labute approximate surface area is 113 Å². The third kappa shape index (κ3) is 4.23. The predicted molar refractivity (Wildman–Crippen MR) is 36.8 cm³/mol. The standard InChI is InChI=1S/C8H8O3.K/c9-7-3-1-6(2-4-7)5-8(10)11;/h1-4,9H,5H2,(H,10,11);/q;+1/p-1. The van der Waals surface area contributed by atoms with Gasteiger partial charge in [0.25, 0.3) is 0 Å². The number of carboxylic acid groups (broad SMARTS) is 1. The molecule has 1 rings (SSSR count). The van der Waals surface area contributed by atoms with Gasteiger partial charge in [0.05, 0.1) is 0 Å². The molecule has 0 atom stereocenters. The van der Waals surface area contributed by atoms with Gasteiger partial charge in [0.1, 0.15) is 5.75 Å². The van der Waals surface area contributed by atoms with Gasteiger partial charge in [-0.2, -0.15) is 0 Å². The van der Waals surface area contributed by atoms with E-state index in [-0.39, 0.29) is 63.6 Å². The van der Waals surface area contributed by atoms with E-state index in [0.717, 1.165) is 0 Å². The predicted octanol–water partition coefficient (Wildman–Crippen LogP) is -3.31. The number of phenolic OH excluding ortho intramolecular Hbond substituents is 1. The fourth-order valence-electron chi connectivity index (χ4n) is 0.780. The average molecular weight is 190 g/mol. The molecule has 12 heavy (non-hydrogen) atoms. The minimum atomic E-state index is -1.12. The first-order chi connectivity index (χ1) is 5.18. The fraction of sp³-hybridized carbons (Fsp3) is 0.125. The van der Waals surface area contributed by atoms with Crippen LogP contribution in [0.5, 0.6) is 5.75 Å². The molecule has 3 nitrogen and oxygen atoms in total. The molecule has 58 valence electrons. The number of carbonyl (C=O) groups is 1.